The van der Waals surface area contributed by atoms with Gasteiger partial charge in [0.15, 0.2) is 0 Å². The summed E-state index contributed by atoms with van der Waals surface area (Å²) >= 11 is 11.9. The monoisotopic (exact) mass is 365 g/mol. The quantitative estimate of drug-likeness (QED) is 0.866. The zero-order valence-electron chi connectivity index (χ0n) is 13.3. The topological polar surface area (TPSA) is 62.3 Å². The molecule has 1 aromatic carbocycles. The lowest BCUT2D eigenvalue weighted by Gasteiger charge is -2.18. The summed E-state index contributed by atoms with van der Waals surface area (Å²) in [6, 6.07) is 9.52. The number of nitrogens with one attached hydrogen (secondary N) is 1. The van der Waals surface area contributed by atoms with Crippen LogP contribution in [0.5, 0.6) is 0 Å². The summed E-state index contributed by atoms with van der Waals surface area (Å²) in [5, 5.41) is 3.46. The van der Waals surface area contributed by atoms with Crippen LogP contribution in [0.2, 0.25) is 10.0 Å². The highest BCUT2D eigenvalue weighted by Crippen LogP contribution is 2.25. The first-order valence-electron chi connectivity index (χ1n) is 7.49. The Morgan fingerprint density at radius 2 is 1.75 bits per heavy atom. The van der Waals surface area contributed by atoms with E-state index in [1.807, 2.05) is 13.8 Å². The van der Waals surface area contributed by atoms with Gasteiger partial charge in [-0.05, 0) is 44.2 Å². The third-order valence-corrected chi connectivity index (χ3v) is 3.98. The standard InChI is InChI=1S/C17H17Cl2N3O2/c1-3-22(4-2)17(24)15-7-5-6-14(20-15)16(23)21-13-9-8-11(18)10-12(13)19/h5-10H,3-4H2,1-2H3,(H,21,23). The Morgan fingerprint density at radius 1 is 1.08 bits per heavy atom. The molecule has 0 aliphatic heterocycles. The van der Waals surface area contributed by atoms with Gasteiger partial charge in [0, 0.05) is 18.1 Å². The second-order valence-corrected chi connectivity index (χ2v) is 5.81. The molecule has 0 aliphatic carbocycles. The van der Waals surface area contributed by atoms with Gasteiger partial charge in [-0.2, -0.15) is 0 Å². The summed E-state index contributed by atoms with van der Waals surface area (Å²) < 4.78 is 0. The number of nitrogens with zero attached hydrogens (tertiary/aromatic N) is 2. The Kier molecular flexibility index (Phi) is 6.17. The molecular weight excluding hydrogens is 349 g/mol. The van der Waals surface area contributed by atoms with Gasteiger partial charge in [-0.1, -0.05) is 29.3 Å². The van der Waals surface area contributed by atoms with Crippen molar-refractivity contribution in [3.63, 3.8) is 0 Å². The lowest BCUT2D eigenvalue weighted by Crippen LogP contribution is -2.31. The van der Waals surface area contributed by atoms with Crippen LogP contribution in [-0.4, -0.2) is 34.8 Å². The number of amides is 2. The van der Waals surface area contributed by atoms with Gasteiger partial charge < -0.3 is 10.2 Å². The van der Waals surface area contributed by atoms with E-state index in [0.29, 0.717) is 28.8 Å². The van der Waals surface area contributed by atoms with Gasteiger partial charge in [0.25, 0.3) is 11.8 Å². The van der Waals surface area contributed by atoms with Crippen molar-refractivity contribution in [1.29, 1.82) is 0 Å². The van der Waals surface area contributed by atoms with Gasteiger partial charge >= 0.3 is 0 Å². The minimum absolute atomic E-state index is 0.138. The number of carbonyl (C=O) groups is 2. The molecule has 2 amide bonds. The minimum Gasteiger partial charge on any atom is -0.338 e. The maximum Gasteiger partial charge on any atom is 0.274 e. The number of pyridine rings is 1. The predicted octanol–water partition coefficient (Wildman–Crippen LogP) is 4.12. The Labute approximate surface area is 150 Å². The van der Waals surface area contributed by atoms with Crippen LogP contribution in [0.4, 0.5) is 5.69 Å². The molecule has 2 rings (SSSR count). The molecule has 0 unspecified atom stereocenters. The van der Waals surface area contributed by atoms with Gasteiger partial charge in [0.05, 0.1) is 10.7 Å². The van der Waals surface area contributed by atoms with E-state index < -0.39 is 5.91 Å². The SMILES string of the molecule is CCN(CC)C(=O)c1cccc(C(=O)Nc2ccc(Cl)cc2Cl)n1. The van der Waals surface area contributed by atoms with Crippen LogP contribution in [0, 0.1) is 0 Å². The smallest absolute Gasteiger partial charge is 0.274 e. The summed E-state index contributed by atoms with van der Waals surface area (Å²) in [4.78, 5) is 30.5. The predicted molar refractivity (Wildman–Crippen MR) is 95.9 cm³/mol. The fourth-order valence-electron chi connectivity index (χ4n) is 2.13. The highest BCUT2D eigenvalue weighted by atomic mass is 35.5. The van der Waals surface area contributed by atoms with Crippen molar-refractivity contribution >= 4 is 40.7 Å². The van der Waals surface area contributed by atoms with E-state index >= 15 is 0 Å². The lowest BCUT2D eigenvalue weighted by molar-refractivity contribution is 0.0767. The molecule has 7 heteroatoms. The molecule has 126 valence electrons. The highest BCUT2D eigenvalue weighted by molar-refractivity contribution is 6.36. The third kappa shape index (κ3) is 4.24. The fraction of sp³-hybridized carbons (Fsp3) is 0.235. The fourth-order valence-corrected chi connectivity index (χ4v) is 2.59. The van der Waals surface area contributed by atoms with Crippen LogP contribution in [-0.2, 0) is 0 Å². The molecule has 24 heavy (non-hydrogen) atoms. The first-order valence-corrected chi connectivity index (χ1v) is 8.24. The van der Waals surface area contributed by atoms with E-state index in [-0.39, 0.29) is 17.3 Å². The Morgan fingerprint density at radius 3 is 2.38 bits per heavy atom. The summed E-state index contributed by atoms with van der Waals surface area (Å²) in [6.45, 7) is 4.93. The number of halogens is 2. The molecule has 0 aliphatic rings. The Balaban J connectivity index is 2.21. The van der Waals surface area contributed by atoms with Gasteiger partial charge in [0.1, 0.15) is 11.4 Å². The largest absolute Gasteiger partial charge is 0.338 e. The molecule has 0 radical (unpaired) electrons. The number of rotatable bonds is 5. The summed E-state index contributed by atoms with van der Waals surface area (Å²) in [5.74, 6) is -0.660. The van der Waals surface area contributed by atoms with E-state index in [2.05, 4.69) is 10.3 Å². The van der Waals surface area contributed by atoms with Crippen molar-refractivity contribution in [1.82, 2.24) is 9.88 Å². The van der Waals surface area contributed by atoms with Crippen molar-refractivity contribution in [3.05, 3.63) is 57.8 Å². The van der Waals surface area contributed by atoms with Crippen molar-refractivity contribution in [3.8, 4) is 0 Å². The van der Waals surface area contributed by atoms with E-state index in [0.717, 1.165) is 0 Å². The zero-order chi connectivity index (χ0) is 17.7. The third-order valence-electron chi connectivity index (χ3n) is 3.43. The lowest BCUT2D eigenvalue weighted by atomic mass is 10.2. The van der Waals surface area contributed by atoms with Crippen LogP contribution in [0.3, 0.4) is 0 Å². The normalized spacial score (nSPS) is 10.3. The molecule has 0 saturated carbocycles. The summed E-state index contributed by atoms with van der Waals surface area (Å²) in [7, 11) is 0. The van der Waals surface area contributed by atoms with Crippen molar-refractivity contribution in [2.75, 3.05) is 18.4 Å². The number of hydrogen-bond donors (Lipinski definition) is 1. The van der Waals surface area contributed by atoms with E-state index in [1.54, 1.807) is 29.2 Å². The Hall–Kier alpha value is -2.11. The van der Waals surface area contributed by atoms with Crippen molar-refractivity contribution < 1.29 is 9.59 Å². The molecule has 0 spiro atoms. The molecule has 1 aromatic heterocycles. The van der Waals surface area contributed by atoms with Crippen LogP contribution in [0.1, 0.15) is 34.8 Å². The average Bonchev–Trinajstić information content (AvgIpc) is 2.58. The minimum atomic E-state index is -0.451. The highest BCUT2D eigenvalue weighted by Gasteiger charge is 2.17. The summed E-state index contributed by atoms with van der Waals surface area (Å²) in [6.07, 6.45) is 0. The molecule has 0 saturated heterocycles. The maximum absolute atomic E-state index is 12.3. The van der Waals surface area contributed by atoms with Gasteiger partial charge in [0.2, 0.25) is 0 Å². The second-order valence-electron chi connectivity index (χ2n) is 4.96. The summed E-state index contributed by atoms with van der Waals surface area (Å²) in [5.41, 5.74) is 0.793. The zero-order valence-corrected chi connectivity index (χ0v) is 14.9. The van der Waals surface area contributed by atoms with Gasteiger partial charge in [-0.25, -0.2) is 4.98 Å². The molecule has 1 N–H and O–H groups in total. The van der Waals surface area contributed by atoms with Crippen molar-refractivity contribution in [2.45, 2.75) is 13.8 Å². The van der Waals surface area contributed by atoms with Crippen LogP contribution in [0.15, 0.2) is 36.4 Å². The Bertz CT molecular complexity index is 761. The van der Waals surface area contributed by atoms with Crippen LogP contribution >= 0.6 is 23.2 Å². The first-order chi connectivity index (χ1) is 11.5. The second kappa shape index (κ2) is 8.13. The first kappa shape index (κ1) is 18.2. The molecule has 0 fully saturated rings. The van der Waals surface area contributed by atoms with Crippen LogP contribution in [0.25, 0.3) is 0 Å². The van der Waals surface area contributed by atoms with E-state index in [9.17, 15) is 9.59 Å². The van der Waals surface area contributed by atoms with E-state index in [1.165, 1.54) is 12.1 Å². The van der Waals surface area contributed by atoms with E-state index in [4.69, 9.17) is 23.2 Å². The maximum atomic E-state index is 12.3. The molecular formula is C17H17Cl2N3O2. The average molecular weight is 366 g/mol. The van der Waals surface area contributed by atoms with Gasteiger partial charge in [-0.3, -0.25) is 9.59 Å². The number of carbonyl (C=O) groups excluding carboxylic acids is 2. The number of anilines is 1. The van der Waals surface area contributed by atoms with Crippen molar-refractivity contribution in [2.24, 2.45) is 0 Å². The molecule has 5 nitrogen and oxygen atoms in total. The number of hydrogen-bond acceptors (Lipinski definition) is 3. The number of benzene rings is 1. The molecule has 0 bridgehead atoms. The molecule has 0 atom stereocenters. The van der Waals surface area contributed by atoms with Crippen LogP contribution < -0.4 is 5.32 Å². The molecule has 2 aromatic rings. The molecule has 1 heterocycles. The van der Waals surface area contributed by atoms with Gasteiger partial charge in [-0.15, -0.1) is 0 Å². The number of aromatic nitrogens is 1.